The van der Waals surface area contributed by atoms with E-state index in [9.17, 15) is 15.2 Å². The molecule has 1 amide bonds. The smallest absolute Gasteiger partial charge is 0.280 e. The fraction of sp³-hybridized carbons (Fsp3) is 0.542. The molecule has 1 fully saturated rings. The summed E-state index contributed by atoms with van der Waals surface area (Å²) in [7, 11) is 0. The van der Waals surface area contributed by atoms with E-state index >= 15 is 0 Å². The van der Waals surface area contributed by atoms with E-state index in [1.54, 1.807) is 0 Å². The molecule has 1 aliphatic heterocycles. The molecule has 7 heteroatoms. The molecule has 1 aliphatic carbocycles. The third-order valence-corrected chi connectivity index (χ3v) is 6.63. The number of rotatable bonds is 5. The van der Waals surface area contributed by atoms with Gasteiger partial charge in [-0.3, -0.25) is 9.48 Å². The van der Waals surface area contributed by atoms with Crippen molar-refractivity contribution in [2.75, 3.05) is 6.61 Å². The third kappa shape index (κ3) is 4.40. The molecule has 31 heavy (non-hydrogen) atoms. The van der Waals surface area contributed by atoms with E-state index in [4.69, 9.17) is 0 Å². The maximum atomic E-state index is 13.0. The van der Waals surface area contributed by atoms with Gasteiger partial charge in [-0.1, -0.05) is 38.7 Å². The fourth-order valence-corrected chi connectivity index (χ4v) is 5.06. The highest BCUT2D eigenvalue weighted by Gasteiger charge is 2.43. The van der Waals surface area contributed by atoms with Crippen LogP contribution in [0.5, 0.6) is 0 Å². The predicted octanol–water partition coefficient (Wildman–Crippen LogP) is 3.96. The zero-order valence-electron chi connectivity index (χ0n) is 18.9. The monoisotopic (exact) mass is 420 g/mol. The lowest BCUT2D eigenvalue weighted by Crippen LogP contribution is -2.52. The van der Waals surface area contributed by atoms with E-state index in [2.05, 4.69) is 35.4 Å². The summed E-state index contributed by atoms with van der Waals surface area (Å²) in [6, 6.07) is 8.28. The second-order valence-corrected chi connectivity index (χ2v) is 8.26. The lowest BCUT2D eigenvalue weighted by molar-refractivity contribution is -0.124. The van der Waals surface area contributed by atoms with Crippen LogP contribution in [-0.4, -0.2) is 34.1 Å². The van der Waals surface area contributed by atoms with Gasteiger partial charge in [-0.05, 0) is 55.9 Å². The SMILES string of the molecule is CC.CCn1nccc1-c1ccc2c(c1)CCCC2(CO)NC(=O)C1CCCB1C#N. The molecule has 1 saturated heterocycles. The van der Waals surface area contributed by atoms with Crippen molar-refractivity contribution in [2.24, 2.45) is 0 Å². The van der Waals surface area contributed by atoms with Crippen LogP contribution in [0, 0.1) is 11.2 Å². The van der Waals surface area contributed by atoms with Crippen LogP contribution in [-0.2, 0) is 23.3 Å². The van der Waals surface area contributed by atoms with Crippen LogP contribution in [0.15, 0.2) is 30.5 Å². The second kappa shape index (κ2) is 10.1. The molecular weight excluding hydrogens is 387 g/mol. The second-order valence-electron chi connectivity index (χ2n) is 8.26. The first-order valence-corrected chi connectivity index (χ1v) is 11.6. The number of carbonyl (C=O) groups excluding carboxylic acids is 1. The molecule has 2 unspecified atom stereocenters. The van der Waals surface area contributed by atoms with Gasteiger partial charge >= 0.3 is 0 Å². The summed E-state index contributed by atoms with van der Waals surface area (Å²) in [6.45, 7) is 6.52. The standard InChI is InChI=1S/C22H27BN4O2.C2H6/c1-2-27-20(9-12-25-27)17-7-8-18-16(13-17)5-3-10-22(18,14-28)26-21(29)19-6-4-11-23(19)15-24;1-2/h7-9,12-13,19,28H,2-6,10-11,14H2,1H3,(H,26,29);1-2H3. The predicted molar refractivity (Wildman–Crippen MR) is 124 cm³/mol. The third-order valence-electron chi connectivity index (χ3n) is 6.63. The van der Waals surface area contributed by atoms with Crippen LogP contribution in [0.1, 0.15) is 57.6 Å². The summed E-state index contributed by atoms with van der Waals surface area (Å²) in [5.41, 5.74) is 3.56. The van der Waals surface area contributed by atoms with Crippen molar-refractivity contribution in [1.29, 1.82) is 5.26 Å². The summed E-state index contributed by atoms with van der Waals surface area (Å²) in [4.78, 5) is 13.0. The number of hydrogen-bond donors (Lipinski definition) is 2. The van der Waals surface area contributed by atoms with Crippen LogP contribution >= 0.6 is 0 Å². The maximum absolute atomic E-state index is 13.0. The van der Waals surface area contributed by atoms with Crippen LogP contribution in [0.3, 0.4) is 0 Å². The van der Waals surface area contributed by atoms with Gasteiger partial charge in [0, 0.05) is 30.1 Å². The quantitative estimate of drug-likeness (QED) is 0.717. The molecule has 1 aromatic carbocycles. The van der Waals surface area contributed by atoms with E-state index < -0.39 is 5.54 Å². The molecule has 0 bridgehead atoms. The van der Waals surface area contributed by atoms with Crippen molar-refractivity contribution in [2.45, 2.75) is 77.1 Å². The number of fused-ring (bicyclic) bond motifs is 1. The van der Waals surface area contributed by atoms with Crippen molar-refractivity contribution >= 4 is 12.6 Å². The van der Waals surface area contributed by atoms with Crippen molar-refractivity contribution in [3.05, 3.63) is 41.6 Å². The first-order chi connectivity index (χ1) is 15.1. The number of benzene rings is 1. The number of aromatic nitrogens is 2. The van der Waals surface area contributed by atoms with Gasteiger partial charge in [0.1, 0.15) is 0 Å². The molecule has 2 N–H and O–H groups in total. The number of hydrogen-bond acceptors (Lipinski definition) is 4. The van der Waals surface area contributed by atoms with Gasteiger partial charge in [-0.2, -0.15) is 5.10 Å². The minimum absolute atomic E-state index is 0.0934. The Kier molecular flexibility index (Phi) is 7.56. The van der Waals surface area contributed by atoms with E-state index in [0.29, 0.717) is 6.42 Å². The lowest BCUT2D eigenvalue weighted by Gasteiger charge is -2.39. The minimum Gasteiger partial charge on any atom is -0.394 e. The van der Waals surface area contributed by atoms with Crippen LogP contribution in [0.2, 0.25) is 12.1 Å². The minimum atomic E-state index is -0.767. The molecule has 4 rings (SSSR count). The molecule has 2 aromatic rings. The van der Waals surface area contributed by atoms with E-state index in [1.807, 2.05) is 36.9 Å². The highest BCUT2D eigenvalue weighted by atomic mass is 16.3. The number of nitrogens with zero attached hydrogens (tertiary/aromatic N) is 3. The first kappa shape index (κ1) is 23.1. The van der Waals surface area contributed by atoms with E-state index in [-0.39, 0.29) is 25.0 Å². The molecule has 2 heterocycles. The molecule has 2 atom stereocenters. The zero-order valence-corrected chi connectivity index (χ0v) is 18.9. The maximum Gasteiger partial charge on any atom is 0.280 e. The van der Waals surface area contributed by atoms with Crippen molar-refractivity contribution in [1.82, 2.24) is 15.1 Å². The Bertz CT molecular complexity index is 951. The Morgan fingerprint density at radius 3 is 2.90 bits per heavy atom. The first-order valence-electron chi connectivity index (χ1n) is 11.6. The van der Waals surface area contributed by atoms with Crippen LogP contribution in [0.4, 0.5) is 0 Å². The van der Waals surface area contributed by atoms with Crippen LogP contribution in [0.25, 0.3) is 11.3 Å². The fourth-order valence-electron chi connectivity index (χ4n) is 5.06. The highest BCUT2D eigenvalue weighted by molar-refractivity contribution is 6.72. The van der Waals surface area contributed by atoms with Gasteiger partial charge in [-0.15, -0.1) is 0 Å². The molecule has 0 saturated carbocycles. The van der Waals surface area contributed by atoms with E-state index in [0.717, 1.165) is 60.9 Å². The highest BCUT2D eigenvalue weighted by Crippen LogP contribution is 2.39. The summed E-state index contributed by atoms with van der Waals surface area (Å²) in [5.74, 6) is 1.92. The zero-order chi connectivity index (χ0) is 22.4. The Balaban J connectivity index is 0.00000132. The molecule has 0 spiro atoms. The van der Waals surface area contributed by atoms with E-state index in [1.165, 1.54) is 0 Å². The number of carbonyl (C=O) groups is 1. The number of amides is 1. The molecule has 0 radical (unpaired) electrons. The summed E-state index contributed by atoms with van der Waals surface area (Å²) in [5, 5.41) is 27.2. The molecular formula is C24H33BN4O2. The van der Waals surface area contributed by atoms with Gasteiger partial charge in [-0.25, -0.2) is 5.26 Å². The number of aliphatic hydroxyl groups excluding tert-OH is 1. The molecule has 164 valence electrons. The van der Waals surface area contributed by atoms with Crippen molar-refractivity contribution in [3.63, 3.8) is 0 Å². The molecule has 6 nitrogen and oxygen atoms in total. The van der Waals surface area contributed by atoms with Crippen molar-refractivity contribution < 1.29 is 9.90 Å². The van der Waals surface area contributed by atoms with Gasteiger partial charge in [0.25, 0.3) is 6.71 Å². The Labute approximate surface area is 185 Å². The Morgan fingerprint density at radius 1 is 1.39 bits per heavy atom. The van der Waals surface area contributed by atoms with Crippen molar-refractivity contribution in [3.8, 4) is 17.2 Å². The largest absolute Gasteiger partial charge is 0.394 e. The molecule has 1 aromatic heterocycles. The normalized spacial score (nSPS) is 22.2. The van der Waals surface area contributed by atoms with Gasteiger partial charge in [0.15, 0.2) is 0 Å². The number of aryl methyl sites for hydroxylation is 2. The van der Waals surface area contributed by atoms with Crippen LogP contribution < -0.4 is 5.32 Å². The lowest BCUT2D eigenvalue weighted by atomic mass is 9.43. The number of nitriles is 1. The topological polar surface area (TPSA) is 90.9 Å². The molecule has 2 aliphatic rings. The number of nitrogens with one attached hydrogen (secondary N) is 1. The number of aliphatic hydroxyl groups is 1. The average Bonchev–Trinajstić information content (AvgIpc) is 3.49. The van der Waals surface area contributed by atoms with Gasteiger partial charge in [0.05, 0.1) is 17.8 Å². The summed E-state index contributed by atoms with van der Waals surface area (Å²) < 4.78 is 1.97. The summed E-state index contributed by atoms with van der Waals surface area (Å²) >= 11 is 0. The Morgan fingerprint density at radius 2 is 2.19 bits per heavy atom. The van der Waals surface area contributed by atoms with Gasteiger partial charge in [0.2, 0.25) is 5.91 Å². The summed E-state index contributed by atoms with van der Waals surface area (Å²) in [6.07, 6.45) is 6.78. The van der Waals surface area contributed by atoms with Gasteiger partial charge < -0.3 is 10.4 Å². The average molecular weight is 420 g/mol. The Hall–Kier alpha value is -2.59.